The summed E-state index contributed by atoms with van der Waals surface area (Å²) in [4.78, 5) is 2.59. The lowest BCUT2D eigenvalue weighted by Crippen LogP contribution is -2.27. The monoisotopic (exact) mass is 443 g/mol. The van der Waals surface area contributed by atoms with Crippen molar-refractivity contribution in [3.63, 3.8) is 0 Å². The Bertz CT molecular complexity index is 1360. The van der Waals surface area contributed by atoms with Gasteiger partial charge in [-0.25, -0.2) is 0 Å². The summed E-state index contributed by atoms with van der Waals surface area (Å²) in [6.45, 7) is 9.42. The standard InChI is InChI=1S/C33H33N/c1-22(2)34(31-17-11-9-14-25(31)23-12-6-5-7-13-23)32-21-28-26-15-8-10-16-29(26)33(3,4)30(28)20-27(32)24-18-19-24/h5-17,20-22,24H,18-19H2,1-4H3. The number of benzene rings is 4. The SMILES string of the molecule is CC(C)N(c1ccccc1-c1ccccc1)c1cc2c(cc1C1CC1)C(C)(C)c1ccccc1-2. The lowest BCUT2D eigenvalue weighted by Gasteiger charge is -2.34. The zero-order valence-corrected chi connectivity index (χ0v) is 20.7. The fourth-order valence-electron chi connectivity index (χ4n) is 5.91. The van der Waals surface area contributed by atoms with Crippen LogP contribution in [0.15, 0.2) is 91.0 Å². The first kappa shape index (κ1) is 21.2. The van der Waals surface area contributed by atoms with Crippen molar-refractivity contribution in [2.45, 2.75) is 57.9 Å². The lowest BCUT2D eigenvalue weighted by atomic mass is 9.81. The van der Waals surface area contributed by atoms with E-state index in [1.165, 1.54) is 63.2 Å². The number of nitrogens with zero attached hydrogens (tertiary/aromatic N) is 1. The molecule has 1 nitrogen and oxygen atoms in total. The molecule has 0 spiro atoms. The van der Waals surface area contributed by atoms with Crippen LogP contribution in [0.2, 0.25) is 0 Å². The second kappa shape index (κ2) is 7.87. The van der Waals surface area contributed by atoms with E-state index in [0.717, 1.165) is 0 Å². The molecule has 0 atom stereocenters. The van der Waals surface area contributed by atoms with E-state index < -0.39 is 0 Å². The largest absolute Gasteiger partial charge is 0.338 e. The van der Waals surface area contributed by atoms with E-state index in [9.17, 15) is 0 Å². The van der Waals surface area contributed by atoms with Gasteiger partial charge in [-0.3, -0.25) is 0 Å². The molecule has 1 fully saturated rings. The Morgan fingerprint density at radius 3 is 2.03 bits per heavy atom. The van der Waals surface area contributed by atoms with Crippen LogP contribution in [0, 0.1) is 0 Å². The summed E-state index contributed by atoms with van der Waals surface area (Å²) in [7, 11) is 0. The van der Waals surface area contributed by atoms with Crippen LogP contribution in [0.5, 0.6) is 0 Å². The van der Waals surface area contributed by atoms with Crippen LogP contribution in [0.1, 0.15) is 63.1 Å². The Kier molecular flexibility index (Phi) is 4.92. The Balaban J connectivity index is 1.59. The lowest BCUT2D eigenvalue weighted by molar-refractivity contribution is 0.659. The molecule has 0 saturated heterocycles. The van der Waals surface area contributed by atoms with Crippen molar-refractivity contribution < 1.29 is 0 Å². The minimum atomic E-state index is 0.0404. The molecule has 1 saturated carbocycles. The number of hydrogen-bond donors (Lipinski definition) is 0. The first-order valence-electron chi connectivity index (χ1n) is 12.7. The molecule has 4 aromatic rings. The minimum absolute atomic E-state index is 0.0404. The van der Waals surface area contributed by atoms with Crippen molar-refractivity contribution in [3.05, 3.63) is 108 Å². The average Bonchev–Trinajstić information content (AvgIpc) is 3.67. The highest BCUT2D eigenvalue weighted by molar-refractivity contribution is 5.89. The van der Waals surface area contributed by atoms with E-state index >= 15 is 0 Å². The van der Waals surface area contributed by atoms with Gasteiger partial charge in [0.2, 0.25) is 0 Å². The van der Waals surface area contributed by atoms with Crippen molar-refractivity contribution in [1.29, 1.82) is 0 Å². The molecular weight excluding hydrogens is 410 g/mol. The van der Waals surface area contributed by atoms with Crippen molar-refractivity contribution in [3.8, 4) is 22.3 Å². The van der Waals surface area contributed by atoms with Crippen LogP contribution in [0.4, 0.5) is 11.4 Å². The van der Waals surface area contributed by atoms with Crippen LogP contribution in [0.25, 0.3) is 22.3 Å². The molecule has 0 amide bonds. The van der Waals surface area contributed by atoms with Crippen LogP contribution in [-0.4, -0.2) is 6.04 Å². The molecule has 34 heavy (non-hydrogen) atoms. The van der Waals surface area contributed by atoms with Gasteiger partial charge < -0.3 is 4.90 Å². The van der Waals surface area contributed by atoms with Gasteiger partial charge in [0.25, 0.3) is 0 Å². The summed E-state index contributed by atoms with van der Waals surface area (Å²) in [5.41, 5.74) is 12.5. The predicted octanol–water partition coefficient (Wildman–Crippen LogP) is 9.08. The summed E-state index contributed by atoms with van der Waals surface area (Å²) in [5.74, 6) is 0.671. The van der Waals surface area contributed by atoms with Crippen molar-refractivity contribution in [2.75, 3.05) is 4.90 Å². The molecule has 2 aliphatic carbocycles. The third kappa shape index (κ3) is 3.29. The number of anilines is 2. The number of hydrogen-bond acceptors (Lipinski definition) is 1. The first-order valence-corrected chi connectivity index (χ1v) is 12.7. The third-order valence-corrected chi connectivity index (χ3v) is 7.77. The van der Waals surface area contributed by atoms with E-state index in [-0.39, 0.29) is 5.41 Å². The first-order chi connectivity index (χ1) is 16.5. The maximum absolute atomic E-state index is 2.59. The molecule has 2 aliphatic rings. The summed E-state index contributed by atoms with van der Waals surface area (Å²) in [5, 5.41) is 0. The highest BCUT2D eigenvalue weighted by Gasteiger charge is 2.39. The van der Waals surface area contributed by atoms with Crippen molar-refractivity contribution >= 4 is 11.4 Å². The van der Waals surface area contributed by atoms with E-state index in [0.29, 0.717) is 12.0 Å². The van der Waals surface area contributed by atoms with E-state index in [4.69, 9.17) is 0 Å². The molecule has 170 valence electrons. The summed E-state index contributed by atoms with van der Waals surface area (Å²) < 4.78 is 0. The highest BCUT2D eigenvalue weighted by atomic mass is 15.2. The molecule has 6 rings (SSSR count). The highest BCUT2D eigenvalue weighted by Crippen LogP contribution is 2.55. The van der Waals surface area contributed by atoms with Gasteiger partial charge in [0.05, 0.1) is 0 Å². The average molecular weight is 444 g/mol. The number of para-hydroxylation sites is 1. The second-order valence-electron chi connectivity index (χ2n) is 10.7. The quantitative estimate of drug-likeness (QED) is 0.297. The van der Waals surface area contributed by atoms with E-state index in [2.05, 4.69) is 124 Å². The van der Waals surface area contributed by atoms with E-state index in [1.807, 2.05) is 0 Å². The maximum atomic E-state index is 2.59. The number of fused-ring (bicyclic) bond motifs is 3. The molecule has 0 aliphatic heterocycles. The zero-order chi connectivity index (χ0) is 23.4. The smallest absolute Gasteiger partial charge is 0.0492 e. The van der Waals surface area contributed by atoms with Crippen LogP contribution < -0.4 is 4.90 Å². The van der Waals surface area contributed by atoms with Crippen molar-refractivity contribution in [2.24, 2.45) is 0 Å². The fourth-order valence-corrected chi connectivity index (χ4v) is 5.91. The molecule has 0 radical (unpaired) electrons. The predicted molar refractivity (Wildman–Crippen MR) is 145 cm³/mol. The van der Waals surface area contributed by atoms with Gasteiger partial charge in [0, 0.05) is 28.4 Å². The maximum Gasteiger partial charge on any atom is 0.0492 e. The summed E-state index contributed by atoms with van der Waals surface area (Å²) in [6, 6.07) is 34.1. The Labute approximate surface area is 204 Å². The van der Waals surface area contributed by atoms with Gasteiger partial charge in [-0.15, -0.1) is 0 Å². The molecular formula is C33H33N. The van der Waals surface area contributed by atoms with Crippen molar-refractivity contribution in [1.82, 2.24) is 0 Å². The van der Waals surface area contributed by atoms with Crippen LogP contribution >= 0.6 is 0 Å². The molecule has 4 aromatic carbocycles. The number of rotatable bonds is 5. The Morgan fingerprint density at radius 2 is 1.32 bits per heavy atom. The third-order valence-electron chi connectivity index (χ3n) is 7.77. The zero-order valence-electron chi connectivity index (χ0n) is 20.7. The van der Waals surface area contributed by atoms with Gasteiger partial charge >= 0.3 is 0 Å². The molecule has 0 bridgehead atoms. The van der Waals surface area contributed by atoms with Gasteiger partial charge in [0.15, 0.2) is 0 Å². The van der Waals surface area contributed by atoms with Gasteiger partial charge in [-0.2, -0.15) is 0 Å². The normalized spacial score (nSPS) is 15.8. The topological polar surface area (TPSA) is 3.24 Å². The fraction of sp³-hybridized carbons (Fsp3) is 0.273. The molecule has 0 heterocycles. The molecule has 0 N–H and O–H groups in total. The molecule has 1 heteroatoms. The van der Waals surface area contributed by atoms with Gasteiger partial charge in [0.1, 0.15) is 0 Å². The van der Waals surface area contributed by atoms with Crippen LogP contribution in [0.3, 0.4) is 0 Å². The van der Waals surface area contributed by atoms with Gasteiger partial charge in [-0.1, -0.05) is 92.7 Å². The van der Waals surface area contributed by atoms with Crippen LogP contribution in [-0.2, 0) is 5.41 Å². The molecule has 0 unspecified atom stereocenters. The van der Waals surface area contributed by atoms with Gasteiger partial charge in [-0.05, 0) is 78.1 Å². The summed E-state index contributed by atoms with van der Waals surface area (Å²) >= 11 is 0. The minimum Gasteiger partial charge on any atom is -0.338 e. The van der Waals surface area contributed by atoms with E-state index in [1.54, 1.807) is 0 Å². The Hall–Kier alpha value is -3.32. The Morgan fingerprint density at radius 1 is 0.676 bits per heavy atom. The summed E-state index contributed by atoms with van der Waals surface area (Å²) in [6.07, 6.45) is 2.59. The molecule has 0 aromatic heterocycles. The second-order valence-corrected chi connectivity index (χ2v) is 10.7.